The number of rotatable bonds is 0. The summed E-state index contributed by atoms with van der Waals surface area (Å²) < 4.78 is 1.36. The normalized spacial score (nSPS) is 18.6. The lowest BCUT2D eigenvalue weighted by atomic mass is 10.1. The third-order valence-corrected chi connectivity index (χ3v) is 4.24. The summed E-state index contributed by atoms with van der Waals surface area (Å²) in [6.45, 7) is 4.01. The molecule has 0 saturated heterocycles. The molecule has 0 nitrogen and oxygen atoms in total. The lowest BCUT2D eigenvalue weighted by Gasteiger charge is -1.99. The first kappa shape index (κ1) is 11.2. The van der Waals surface area contributed by atoms with E-state index in [4.69, 9.17) is 0 Å². The highest BCUT2D eigenvalue weighted by Crippen LogP contribution is 2.33. The van der Waals surface area contributed by atoms with Gasteiger partial charge in [-0.15, -0.1) is 11.3 Å². The number of hydrogen-bond donors (Lipinski definition) is 0. The van der Waals surface area contributed by atoms with E-state index in [1.54, 1.807) is 0 Å². The van der Waals surface area contributed by atoms with Gasteiger partial charge in [-0.25, -0.2) is 0 Å². The molecule has 1 aliphatic rings. The minimum atomic E-state index is 0.987. The minimum absolute atomic E-state index is 0.987. The molecule has 0 unspecified atom stereocenters. The number of benzene rings is 1. The van der Waals surface area contributed by atoms with Crippen molar-refractivity contribution in [1.82, 2.24) is 0 Å². The van der Waals surface area contributed by atoms with Crippen LogP contribution >= 0.6 is 11.3 Å². The molecular formula is C17H14S. The molecule has 0 spiro atoms. The van der Waals surface area contributed by atoms with Crippen LogP contribution < -0.4 is 0 Å². The third kappa shape index (κ3) is 2.09. The van der Waals surface area contributed by atoms with Gasteiger partial charge in [0, 0.05) is 9.58 Å². The van der Waals surface area contributed by atoms with Gasteiger partial charge in [-0.05, 0) is 35.1 Å². The highest BCUT2D eigenvalue weighted by molar-refractivity contribution is 7.20. The Morgan fingerprint density at radius 1 is 1.00 bits per heavy atom. The summed E-state index contributed by atoms with van der Waals surface area (Å²) in [5.41, 5.74) is 2.45. The van der Waals surface area contributed by atoms with Crippen molar-refractivity contribution in [2.45, 2.75) is 6.42 Å². The zero-order valence-electron chi connectivity index (χ0n) is 10.1. The summed E-state index contributed by atoms with van der Waals surface area (Å²) in [4.78, 5) is 1.34. The molecule has 0 radical (unpaired) electrons. The number of hydrogen-bond acceptors (Lipinski definition) is 1. The lowest BCUT2D eigenvalue weighted by molar-refractivity contribution is 1.31. The van der Waals surface area contributed by atoms with E-state index < -0.39 is 0 Å². The van der Waals surface area contributed by atoms with Crippen molar-refractivity contribution in [1.29, 1.82) is 0 Å². The monoisotopic (exact) mass is 250 g/mol. The van der Waals surface area contributed by atoms with Crippen molar-refractivity contribution in [2.24, 2.45) is 0 Å². The Hall–Kier alpha value is -1.86. The Balaban J connectivity index is 2.20. The topological polar surface area (TPSA) is 0 Å². The molecule has 0 N–H and O–H groups in total. The lowest BCUT2D eigenvalue weighted by Crippen LogP contribution is -1.82. The van der Waals surface area contributed by atoms with Crippen molar-refractivity contribution >= 4 is 27.5 Å². The molecule has 1 heterocycles. The van der Waals surface area contributed by atoms with Crippen LogP contribution in [0.25, 0.3) is 16.2 Å². The SMILES string of the molecule is C=C1C=Cc2sc3ccccc3c2C/C=C\C=C/1. The highest BCUT2D eigenvalue weighted by Gasteiger charge is 2.08. The molecule has 18 heavy (non-hydrogen) atoms. The largest absolute Gasteiger partial charge is 0.136 e. The van der Waals surface area contributed by atoms with Gasteiger partial charge in [-0.3, -0.25) is 0 Å². The highest BCUT2D eigenvalue weighted by atomic mass is 32.1. The Morgan fingerprint density at radius 3 is 2.83 bits per heavy atom. The summed E-state index contributed by atoms with van der Waals surface area (Å²) in [5.74, 6) is 0. The Bertz CT molecular complexity index is 681. The predicted molar refractivity (Wildman–Crippen MR) is 82.0 cm³/mol. The van der Waals surface area contributed by atoms with Gasteiger partial charge >= 0.3 is 0 Å². The Kier molecular flexibility index (Phi) is 2.99. The van der Waals surface area contributed by atoms with E-state index in [1.165, 1.54) is 20.5 Å². The smallest absolute Gasteiger partial charge is 0.0352 e. The van der Waals surface area contributed by atoms with Gasteiger partial charge in [0.05, 0.1) is 0 Å². The first-order chi connectivity index (χ1) is 8.84. The molecule has 1 aromatic heterocycles. The van der Waals surface area contributed by atoms with Crippen LogP contribution in [0, 0.1) is 0 Å². The maximum Gasteiger partial charge on any atom is 0.0352 e. The second-order valence-electron chi connectivity index (χ2n) is 4.34. The molecule has 0 bridgehead atoms. The quantitative estimate of drug-likeness (QED) is 0.607. The van der Waals surface area contributed by atoms with E-state index in [9.17, 15) is 0 Å². The van der Waals surface area contributed by atoms with Crippen molar-refractivity contribution in [2.75, 3.05) is 0 Å². The number of allylic oxidation sites excluding steroid dienone is 6. The van der Waals surface area contributed by atoms with Gasteiger partial charge in [0.25, 0.3) is 0 Å². The fourth-order valence-electron chi connectivity index (χ4n) is 2.14. The summed E-state index contributed by atoms with van der Waals surface area (Å²) >= 11 is 1.85. The minimum Gasteiger partial charge on any atom is -0.136 e. The molecule has 0 atom stereocenters. The van der Waals surface area contributed by atoms with E-state index in [2.05, 4.69) is 55.1 Å². The molecule has 0 saturated carbocycles. The van der Waals surface area contributed by atoms with Gasteiger partial charge in [-0.2, -0.15) is 0 Å². The summed E-state index contributed by atoms with van der Waals surface area (Å²) in [6.07, 6.45) is 13.6. The fourth-order valence-corrected chi connectivity index (χ4v) is 3.28. The average Bonchev–Trinajstić information content (AvgIpc) is 2.74. The van der Waals surface area contributed by atoms with Crippen molar-refractivity contribution in [3.8, 4) is 0 Å². The van der Waals surface area contributed by atoms with E-state index >= 15 is 0 Å². The zero-order valence-corrected chi connectivity index (χ0v) is 10.9. The van der Waals surface area contributed by atoms with E-state index in [0.29, 0.717) is 0 Å². The zero-order chi connectivity index (χ0) is 12.4. The molecule has 2 aromatic rings. The van der Waals surface area contributed by atoms with E-state index in [0.717, 1.165) is 12.0 Å². The molecule has 88 valence electrons. The van der Waals surface area contributed by atoms with Crippen molar-refractivity contribution < 1.29 is 0 Å². The average molecular weight is 250 g/mol. The van der Waals surface area contributed by atoms with E-state index in [-0.39, 0.29) is 0 Å². The molecule has 0 fully saturated rings. The van der Waals surface area contributed by atoms with Crippen LogP contribution in [-0.2, 0) is 6.42 Å². The number of fused-ring (bicyclic) bond motifs is 3. The van der Waals surface area contributed by atoms with Gasteiger partial charge in [0.2, 0.25) is 0 Å². The van der Waals surface area contributed by atoms with Crippen molar-refractivity contribution in [3.05, 3.63) is 77.2 Å². The maximum absolute atomic E-state index is 4.01. The van der Waals surface area contributed by atoms with Crippen LogP contribution in [-0.4, -0.2) is 0 Å². The van der Waals surface area contributed by atoms with Crippen molar-refractivity contribution in [3.63, 3.8) is 0 Å². The second-order valence-corrected chi connectivity index (χ2v) is 5.42. The standard InChI is InChI=1S/C17H14S/c1-13-7-3-2-4-8-15-14-9-5-6-10-16(14)18-17(15)12-11-13/h2-7,9-12H,1,8H2/b4-2-,7-3-,12-11?. The molecule has 1 aromatic carbocycles. The van der Waals surface area contributed by atoms with Crippen LogP contribution in [0.3, 0.4) is 0 Å². The second kappa shape index (κ2) is 4.79. The molecule has 1 aliphatic carbocycles. The first-order valence-electron chi connectivity index (χ1n) is 6.05. The van der Waals surface area contributed by atoms with Gasteiger partial charge < -0.3 is 0 Å². The van der Waals surface area contributed by atoms with Gasteiger partial charge in [0.15, 0.2) is 0 Å². The van der Waals surface area contributed by atoms with Crippen LogP contribution in [0.5, 0.6) is 0 Å². The summed E-state index contributed by atoms with van der Waals surface area (Å²) in [7, 11) is 0. The van der Waals surface area contributed by atoms with Crippen LogP contribution in [0.2, 0.25) is 0 Å². The fraction of sp³-hybridized carbons (Fsp3) is 0.0588. The van der Waals surface area contributed by atoms with E-state index in [1.807, 2.05) is 23.5 Å². The first-order valence-corrected chi connectivity index (χ1v) is 6.87. The van der Waals surface area contributed by atoms with Gasteiger partial charge in [-0.1, -0.05) is 55.2 Å². The summed E-state index contributed by atoms with van der Waals surface area (Å²) in [5, 5.41) is 1.38. The molecule has 0 amide bonds. The maximum atomic E-state index is 4.01. The number of thiophene rings is 1. The van der Waals surface area contributed by atoms with Gasteiger partial charge in [0.1, 0.15) is 0 Å². The molecule has 0 aliphatic heterocycles. The van der Waals surface area contributed by atoms with Crippen LogP contribution in [0.4, 0.5) is 0 Å². The molecule has 3 rings (SSSR count). The molecular weight excluding hydrogens is 236 g/mol. The summed E-state index contributed by atoms with van der Waals surface area (Å²) in [6, 6.07) is 8.62. The molecule has 1 heteroatoms. The van der Waals surface area contributed by atoms with Crippen LogP contribution in [0.1, 0.15) is 10.4 Å². The Labute approximate surface area is 111 Å². The van der Waals surface area contributed by atoms with Crippen LogP contribution in [0.15, 0.2) is 66.8 Å². The third-order valence-electron chi connectivity index (χ3n) is 3.06. The Morgan fingerprint density at radius 2 is 1.89 bits per heavy atom. The predicted octanol–water partition coefficient (Wildman–Crippen LogP) is 5.14.